The van der Waals surface area contributed by atoms with Crippen molar-refractivity contribution in [2.24, 2.45) is 0 Å². The van der Waals surface area contributed by atoms with Crippen molar-refractivity contribution in [1.29, 1.82) is 0 Å². The minimum Gasteiger partial charge on any atom is -0.339 e. The molecule has 2 saturated heterocycles. The summed E-state index contributed by atoms with van der Waals surface area (Å²) >= 11 is 0. The van der Waals surface area contributed by atoms with Gasteiger partial charge in [-0.2, -0.15) is 8.61 Å². The van der Waals surface area contributed by atoms with Crippen LogP contribution in [-0.2, 0) is 24.8 Å². The highest BCUT2D eigenvalue weighted by atomic mass is 32.2. The average Bonchev–Trinajstić information content (AvgIpc) is 3.10. The van der Waals surface area contributed by atoms with E-state index in [2.05, 4.69) is 0 Å². The minimum absolute atomic E-state index is 0.201. The largest absolute Gasteiger partial charge is 0.339 e. The monoisotopic (exact) mass is 443 g/mol. The van der Waals surface area contributed by atoms with Gasteiger partial charge in [0.1, 0.15) is 6.04 Å². The SMILES string of the molecule is Cc1cc(C)c(S(=O)(=O)N2CCN(C(=O)[C@H]3CCCN3S(C)(=O)=O)CC2)c(C)c1. The molecule has 0 unspecified atom stereocenters. The number of amides is 1. The van der Waals surface area contributed by atoms with E-state index < -0.39 is 26.1 Å². The van der Waals surface area contributed by atoms with Crippen LogP contribution in [0.1, 0.15) is 29.5 Å². The molecular weight excluding hydrogens is 414 g/mol. The molecule has 29 heavy (non-hydrogen) atoms. The fourth-order valence-electron chi connectivity index (χ4n) is 4.45. The van der Waals surface area contributed by atoms with E-state index in [-0.39, 0.29) is 32.1 Å². The van der Waals surface area contributed by atoms with Gasteiger partial charge in [-0.3, -0.25) is 4.79 Å². The molecule has 0 bridgehead atoms. The van der Waals surface area contributed by atoms with Gasteiger partial charge in [0.2, 0.25) is 26.0 Å². The quantitative estimate of drug-likeness (QED) is 0.688. The zero-order valence-corrected chi connectivity index (χ0v) is 19.0. The van der Waals surface area contributed by atoms with Crippen LogP contribution in [0.4, 0.5) is 0 Å². The predicted molar refractivity (Wildman–Crippen MR) is 111 cm³/mol. The van der Waals surface area contributed by atoms with Crippen molar-refractivity contribution in [3.05, 3.63) is 28.8 Å². The first-order chi connectivity index (χ1) is 13.4. The number of piperazine rings is 1. The Morgan fingerprint density at radius 2 is 1.48 bits per heavy atom. The van der Waals surface area contributed by atoms with Gasteiger partial charge in [-0.25, -0.2) is 16.8 Å². The molecule has 10 heteroatoms. The Kier molecular flexibility index (Phi) is 6.11. The molecule has 0 aromatic heterocycles. The second kappa shape index (κ2) is 7.98. The minimum atomic E-state index is -3.65. The summed E-state index contributed by atoms with van der Waals surface area (Å²) in [5, 5.41) is 0. The summed E-state index contributed by atoms with van der Waals surface area (Å²) in [6.07, 6.45) is 2.28. The number of hydrogen-bond donors (Lipinski definition) is 0. The molecule has 2 aliphatic rings. The number of rotatable bonds is 4. The number of hydrogen-bond acceptors (Lipinski definition) is 5. The Hall–Kier alpha value is -1.49. The van der Waals surface area contributed by atoms with Crippen molar-refractivity contribution in [2.75, 3.05) is 39.0 Å². The first kappa shape index (κ1) is 22.2. The fraction of sp³-hybridized carbons (Fsp3) is 0.632. The van der Waals surface area contributed by atoms with Gasteiger partial charge in [-0.1, -0.05) is 17.7 Å². The number of benzene rings is 1. The van der Waals surface area contributed by atoms with Crippen LogP contribution < -0.4 is 0 Å². The average molecular weight is 444 g/mol. The second-order valence-corrected chi connectivity index (χ2v) is 11.8. The lowest BCUT2D eigenvalue weighted by atomic mass is 10.1. The van der Waals surface area contributed by atoms with Gasteiger partial charge < -0.3 is 4.90 Å². The van der Waals surface area contributed by atoms with Crippen LogP contribution in [0.3, 0.4) is 0 Å². The Morgan fingerprint density at radius 1 is 0.931 bits per heavy atom. The van der Waals surface area contributed by atoms with E-state index in [0.717, 1.165) is 22.9 Å². The smallest absolute Gasteiger partial charge is 0.243 e. The molecule has 8 nitrogen and oxygen atoms in total. The molecule has 2 heterocycles. The molecule has 1 aromatic rings. The number of sulfonamides is 2. The molecule has 0 spiro atoms. The highest BCUT2D eigenvalue weighted by Crippen LogP contribution is 2.27. The highest BCUT2D eigenvalue weighted by molar-refractivity contribution is 7.89. The summed E-state index contributed by atoms with van der Waals surface area (Å²) in [4.78, 5) is 14.8. The highest BCUT2D eigenvalue weighted by Gasteiger charge is 2.40. The summed E-state index contributed by atoms with van der Waals surface area (Å²) in [5.41, 5.74) is 2.45. The van der Waals surface area contributed by atoms with Crippen molar-refractivity contribution in [1.82, 2.24) is 13.5 Å². The van der Waals surface area contributed by atoms with Crippen LogP contribution in [0.5, 0.6) is 0 Å². The van der Waals surface area contributed by atoms with E-state index in [1.807, 2.05) is 19.1 Å². The normalized spacial score (nSPS) is 22.2. The van der Waals surface area contributed by atoms with Gasteiger partial charge in [0.25, 0.3) is 0 Å². The van der Waals surface area contributed by atoms with E-state index in [9.17, 15) is 21.6 Å². The van der Waals surface area contributed by atoms with E-state index in [1.54, 1.807) is 18.7 Å². The molecule has 0 N–H and O–H groups in total. The van der Waals surface area contributed by atoms with Crippen molar-refractivity contribution >= 4 is 26.0 Å². The van der Waals surface area contributed by atoms with Crippen LogP contribution >= 0.6 is 0 Å². The molecule has 0 saturated carbocycles. The van der Waals surface area contributed by atoms with Crippen LogP contribution in [-0.4, -0.2) is 81.3 Å². The lowest BCUT2D eigenvalue weighted by Gasteiger charge is -2.36. The van der Waals surface area contributed by atoms with Crippen LogP contribution in [0, 0.1) is 20.8 Å². The zero-order valence-electron chi connectivity index (χ0n) is 17.4. The van der Waals surface area contributed by atoms with Gasteiger partial charge in [0.15, 0.2) is 0 Å². The maximum Gasteiger partial charge on any atom is 0.243 e. The van der Waals surface area contributed by atoms with Crippen molar-refractivity contribution in [2.45, 2.75) is 44.6 Å². The van der Waals surface area contributed by atoms with Crippen molar-refractivity contribution in [3.63, 3.8) is 0 Å². The maximum absolute atomic E-state index is 13.2. The third-order valence-corrected chi connectivity index (χ3v) is 9.16. The molecule has 0 aliphatic carbocycles. The van der Waals surface area contributed by atoms with E-state index in [4.69, 9.17) is 0 Å². The summed E-state index contributed by atoms with van der Waals surface area (Å²) in [5.74, 6) is -0.229. The van der Waals surface area contributed by atoms with Gasteiger partial charge in [0, 0.05) is 32.7 Å². The zero-order chi connectivity index (χ0) is 21.6. The Balaban J connectivity index is 1.73. The first-order valence-corrected chi connectivity index (χ1v) is 13.1. The molecule has 2 fully saturated rings. The molecule has 162 valence electrons. The molecule has 1 aromatic carbocycles. The topological polar surface area (TPSA) is 95.1 Å². The molecular formula is C19H29N3O5S2. The van der Waals surface area contributed by atoms with Crippen LogP contribution in [0.2, 0.25) is 0 Å². The number of nitrogens with zero attached hydrogens (tertiary/aromatic N) is 3. The first-order valence-electron chi connectivity index (χ1n) is 9.76. The maximum atomic E-state index is 13.2. The number of carbonyl (C=O) groups is 1. The predicted octanol–water partition coefficient (Wildman–Crippen LogP) is 0.869. The van der Waals surface area contributed by atoms with Crippen molar-refractivity contribution < 1.29 is 21.6 Å². The lowest BCUT2D eigenvalue weighted by Crippen LogP contribution is -2.55. The Bertz CT molecular complexity index is 989. The third-order valence-electron chi connectivity index (χ3n) is 5.67. The molecule has 1 amide bonds. The van der Waals surface area contributed by atoms with Gasteiger partial charge in [-0.15, -0.1) is 0 Å². The number of carbonyl (C=O) groups excluding carboxylic acids is 1. The Labute approximate surface area is 173 Å². The van der Waals surface area contributed by atoms with Gasteiger partial charge in [-0.05, 0) is 44.7 Å². The van der Waals surface area contributed by atoms with E-state index in [1.165, 1.54) is 8.61 Å². The molecule has 2 aliphatic heterocycles. The molecule has 3 rings (SSSR count). The van der Waals surface area contributed by atoms with E-state index in [0.29, 0.717) is 24.3 Å². The molecule has 0 radical (unpaired) electrons. The van der Waals surface area contributed by atoms with Crippen molar-refractivity contribution in [3.8, 4) is 0 Å². The van der Waals surface area contributed by atoms with E-state index >= 15 is 0 Å². The summed E-state index contributed by atoms with van der Waals surface area (Å²) in [6, 6.07) is 3.05. The third kappa shape index (κ3) is 4.35. The van der Waals surface area contributed by atoms with Gasteiger partial charge >= 0.3 is 0 Å². The summed E-state index contributed by atoms with van der Waals surface area (Å²) in [6.45, 7) is 6.81. The number of aryl methyl sites for hydroxylation is 3. The van der Waals surface area contributed by atoms with Crippen LogP contribution in [0.15, 0.2) is 17.0 Å². The summed E-state index contributed by atoms with van der Waals surface area (Å²) < 4.78 is 52.9. The fourth-order valence-corrected chi connectivity index (χ4v) is 7.40. The standard InChI is InChI=1S/C19H29N3O5S2/c1-14-12-15(2)18(16(3)13-14)29(26,27)21-10-8-20(9-11-21)19(23)17-6-5-7-22(17)28(4,24)25/h12-13,17H,5-11H2,1-4H3/t17-/m1/s1. The van der Waals surface area contributed by atoms with Crippen LogP contribution in [0.25, 0.3) is 0 Å². The Morgan fingerprint density at radius 3 is 2.00 bits per heavy atom. The second-order valence-electron chi connectivity index (χ2n) is 7.99. The van der Waals surface area contributed by atoms with Gasteiger partial charge in [0.05, 0.1) is 11.2 Å². The molecule has 1 atom stereocenters. The lowest BCUT2D eigenvalue weighted by molar-refractivity contribution is -0.135. The summed E-state index contributed by atoms with van der Waals surface area (Å²) in [7, 11) is -7.09.